The van der Waals surface area contributed by atoms with E-state index >= 15 is 0 Å². The monoisotopic (exact) mass is 820 g/mol. The number of rotatable bonds is 10. The molecule has 6 rings (SSSR count). The molecule has 10 atom stereocenters. The van der Waals surface area contributed by atoms with Crippen molar-refractivity contribution in [2.45, 2.75) is 227 Å². The average Bonchev–Trinajstić information content (AvgIpc) is 3.18. The van der Waals surface area contributed by atoms with Crippen LogP contribution < -0.4 is 37.2 Å². The average molecular weight is 820 g/mol. The van der Waals surface area contributed by atoms with Crippen molar-refractivity contribution in [1.82, 2.24) is 37.2 Å². The Balaban J connectivity index is 0.922. The summed E-state index contributed by atoms with van der Waals surface area (Å²) >= 11 is 0. The maximum absolute atomic E-state index is 14.1. The fourth-order valence-corrected chi connectivity index (χ4v) is 13.3. The minimum absolute atomic E-state index is 0.00687. The van der Waals surface area contributed by atoms with Crippen molar-refractivity contribution in [3.8, 4) is 0 Å². The number of hydrogen-bond donors (Lipinski definition) is 7. The number of urea groups is 3. The van der Waals surface area contributed by atoms with E-state index in [0.29, 0.717) is 38.5 Å². The van der Waals surface area contributed by atoms with Gasteiger partial charge in [0.15, 0.2) is 9.84 Å². The third-order valence-electron chi connectivity index (χ3n) is 14.3. The zero-order chi connectivity index (χ0) is 40.4. The molecule has 14 nitrogen and oxygen atoms in total. The molecule has 6 saturated carbocycles. The first-order valence-electron chi connectivity index (χ1n) is 22.8. The van der Waals surface area contributed by atoms with Crippen LogP contribution in [0.2, 0.25) is 0 Å². The largest absolute Gasteiger partial charge is 0.446 e. The molecule has 0 heterocycles. The van der Waals surface area contributed by atoms with Gasteiger partial charge in [-0.05, 0) is 127 Å². The van der Waals surface area contributed by atoms with Gasteiger partial charge in [0, 0.05) is 42.3 Å². The summed E-state index contributed by atoms with van der Waals surface area (Å²) in [6, 6.07) is -1.18. The number of nitrogens with one attached hydrogen (secondary N) is 7. The predicted octanol–water partition coefficient (Wildman–Crippen LogP) is 6.43. The van der Waals surface area contributed by atoms with Gasteiger partial charge in [-0.2, -0.15) is 0 Å². The van der Waals surface area contributed by atoms with Gasteiger partial charge in [-0.3, -0.25) is 0 Å². The lowest BCUT2D eigenvalue weighted by molar-refractivity contribution is 0.0701. The molecule has 6 fully saturated rings. The van der Waals surface area contributed by atoms with E-state index in [1.807, 2.05) is 0 Å². The van der Waals surface area contributed by atoms with Gasteiger partial charge in [-0.1, -0.05) is 52.4 Å². The molecule has 57 heavy (non-hydrogen) atoms. The Morgan fingerprint density at radius 3 is 1.33 bits per heavy atom. The van der Waals surface area contributed by atoms with Crippen LogP contribution in [0.3, 0.4) is 0 Å². The van der Waals surface area contributed by atoms with Crippen LogP contribution in [-0.4, -0.2) is 91.5 Å². The van der Waals surface area contributed by atoms with Gasteiger partial charge >= 0.3 is 24.2 Å². The first kappa shape index (κ1) is 43.6. The topological polar surface area (TPSA) is 196 Å². The molecule has 324 valence electrons. The second-order valence-corrected chi connectivity index (χ2v) is 21.3. The molecular formula is C42H73N7O7S. The molecule has 7 N–H and O–H groups in total. The first-order valence-corrected chi connectivity index (χ1v) is 24.4. The molecule has 6 aliphatic rings. The minimum Gasteiger partial charge on any atom is -0.446 e. The lowest BCUT2D eigenvalue weighted by Gasteiger charge is -2.37. The smallest absolute Gasteiger partial charge is 0.407 e. The third-order valence-corrected chi connectivity index (χ3v) is 17.0. The molecule has 0 spiro atoms. The van der Waals surface area contributed by atoms with E-state index in [1.54, 1.807) is 0 Å². The Kier molecular flexibility index (Phi) is 15.9. The summed E-state index contributed by atoms with van der Waals surface area (Å²) in [5, 5.41) is 20.7. The molecule has 0 aromatic rings. The van der Waals surface area contributed by atoms with Crippen molar-refractivity contribution in [3.05, 3.63) is 0 Å². The van der Waals surface area contributed by atoms with Crippen LogP contribution in [0.5, 0.6) is 0 Å². The lowest BCUT2D eigenvalue weighted by Crippen LogP contribution is -2.55. The summed E-state index contributed by atoms with van der Waals surface area (Å²) in [5.41, 5.74) is 0. The van der Waals surface area contributed by atoms with Crippen LogP contribution in [0.1, 0.15) is 168 Å². The molecule has 0 radical (unpaired) electrons. The zero-order valence-electron chi connectivity index (χ0n) is 34.7. The van der Waals surface area contributed by atoms with Gasteiger partial charge in [0.25, 0.3) is 0 Å². The van der Waals surface area contributed by atoms with E-state index in [-0.39, 0.29) is 84.4 Å². The highest BCUT2D eigenvalue weighted by atomic mass is 32.2. The Morgan fingerprint density at radius 2 is 0.825 bits per heavy atom. The van der Waals surface area contributed by atoms with Gasteiger partial charge in [0.05, 0.1) is 10.5 Å². The normalized spacial score (nSPS) is 34.5. The summed E-state index contributed by atoms with van der Waals surface area (Å²) in [4.78, 5) is 51.8. The number of carbonyl (C=O) groups is 4. The van der Waals surface area contributed by atoms with Crippen LogP contribution >= 0.6 is 0 Å². The minimum atomic E-state index is -3.50. The SMILES string of the molecule is CC1CCC(NC(=O)NC2CCCCC2)CC1NC(=O)NC1CCCC(S(=O)(=O)C2CCCC(NC(=O)NC3CC(NC(=O)OC4CCCCC4)CCC3C)C2)C1. The van der Waals surface area contributed by atoms with Gasteiger partial charge in [-0.15, -0.1) is 0 Å². The van der Waals surface area contributed by atoms with Gasteiger partial charge in [0.1, 0.15) is 6.10 Å². The Hall–Kier alpha value is -2.97. The van der Waals surface area contributed by atoms with E-state index in [0.717, 1.165) is 103 Å². The summed E-state index contributed by atoms with van der Waals surface area (Å²) in [6.45, 7) is 4.25. The second-order valence-electron chi connectivity index (χ2n) is 18.7. The molecule has 0 bridgehead atoms. The number of alkyl carbamates (subject to hydrolysis) is 1. The van der Waals surface area contributed by atoms with Crippen molar-refractivity contribution in [2.24, 2.45) is 11.8 Å². The molecule has 0 aromatic heterocycles. The lowest BCUT2D eigenvalue weighted by atomic mass is 9.83. The van der Waals surface area contributed by atoms with Gasteiger partial charge < -0.3 is 42.0 Å². The summed E-state index contributed by atoms with van der Waals surface area (Å²) < 4.78 is 33.8. The van der Waals surface area contributed by atoms with Gasteiger partial charge in [0.2, 0.25) is 0 Å². The maximum Gasteiger partial charge on any atom is 0.407 e. The van der Waals surface area contributed by atoms with Crippen molar-refractivity contribution in [2.75, 3.05) is 0 Å². The predicted molar refractivity (Wildman–Crippen MR) is 221 cm³/mol. The summed E-state index contributed by atoms with van der Waals surface area (Å²) in [5.74, 6) is 0.521. The van der Waals surface area contributed by atoms with Crippen molar-refractivity contribution < 1.29 is 32.3 Å². The second kappa shape index (κ2) is 20.8. The molecule has 10 unspecified atom stereocenters. The number of carbonyl (C=O) groups excluding carboxylic acids is 4. The van der Waals surface area contributed by atoms with Crippen LogP contribution in [0, 0.1) is 11.8 Å². The van der Waals surface area contributed by atoms with Crippen molar-refractivity contribution in [3.63, 3.8) is 0 Å². The van der Waals surface area contributed by atoms with Crippen molar-refractivity contribution >= 4 is 34.0 Å². The fourth-order valence-electron chi connectivity index (χ4n) is 10.7. The van der Waals surface area contributed by atoms with Crippen molar-refractivity contribution in [1.29, 1.82) is 0 Å². The zero-order valence-corrected chi connectivity index (χ0v) is 35.5. The number of hydrogen-bond acceptors (Lipinski definition) is 7. The quantitative estimate of drug-likeness (QED) is 0.132. The Bertz CT molecular complexity index is 1360. The summed E-state index contributed by atoms with van der Waals surface area (Å²) in [7, 11) is -3.50. The highest BCUT2D eigenvalue weighted by molar-refractivity contribution is 7.92. The van der Waals surface area contributed by atoms with Crippen LogP contribution in [0.15, 0.2) is 0 Å². The van der Waals surface area contributed by atoms with Gasteiger partial charge in [-0.25, -0.2) is 27.6 Å². The standard InChI is InChI=1S/C42H73N7O7S/c1-27-19-21-32(46-39(50)43-29-11-5-3-6-12-29)25-37(27)48-40(51)44-30-13-9-17-35(23-30)57(54,55)36-18-10-14-31(24-36)45-41(52)49-38-26-33(22-20-28(38)2)47-42(53)56-34-15-7-4-8-16-34/h27-38H,3-26H2,1-2H3,(H,47,53)(H2,43,46,50)(H2,44,48,51)(H2,45,49,52). The number of amides is 7. The Labute approximate surface area is 341 Å². The van der Waals surface area contributed by atoms with E-state index < -0.39 is 20.3 Å². The third kappa shape index (κ3) is 13.0. The highest BCUT2D eigenvalue weighted by Crippen LogP contribution is 2.34. The number of ether oxygens (including phenoxy) is 1. The highest BCUT2D eigenvalue weighted by Gasteiger charge is 2.41. The fraction of sp³-hybridized carbons (Fsp3) is 0.905. The maximum atomic E-state index is 14.1. The molecular weight excluding hydrogens is 747 g/mol. The van der Waals surface area contributed by atoms with Crippen LogP contribution in [0.4, 0.5) is 19.2 Å². The first-order chi connectivity index (χ1) is 27.4. The molecule has 15 heteroatoms. The van der Waals surface area contributed by atoms with E-state index in [9.17, 15) is 27.6 Å². The molecule has 0 saturated heterocycles. The molecule has 0 aromatic carbocycles. The molecule has 6 aliphatic carbocycles. The van der Waals surface area contributed by atoms with Crippen LogP contribution in [0.25, 0.3) is 0 Å². The molecule has 0 aliphatic heterocycles. The van der Waals surface area contributed by atoms with E-state index in [1.165, 1.54) is 12.8 Å². The van der Waals surface area contributed by atoms with Crippen LogP contribution in [-0.2, 0) is 14.6 Å². The number of sulfone groups is 1. The molecule has 7 amide bonds. The summed E-state index contributed by atoms with van der Waals surface area (Å²) in [6.07, 6.45) is 20.1. The van der Waals surface area contributed by atoms with E-state index in [4.69, 9.17) is 4.74 Å². The Morgan fingerprint density at radius 1 is 0.421 bits per heavy atom. The van der Waals surface area contributed by atoms with E-state index in [2.05, 4.69) is 51.1 Å².